The molecule has 1 aromatic carbocycles. The molecule has 82 valence electrons. The lowest BCUT2D eigenvalue weighted by atomic mass is 9.99. The van der Waals surface area contributed by atoms with Gasteiger partial charge >= 0.3 is 0 Å². The molecule has 0 amide bonds. The summed E-state index contributed by atoms with van der Waals surface area (Å²) >= 11 is 0. The van der Waals surface area contributed by atoms with E-state index in [9.17, 15) is 0 Å². The minimum Gasteiger partial charge on any atom is -0.333 e. The standard InChI is InChI=1S/C10H14.C2H6.CH5N/c1-3-9(2)10-7-5-4-6-8-10;2*1-2/h4-9H,3H2,1-2H3;1-2H3;2H2,1H3. The Kier molecular flexibility index (Phi) is 13.6. The third-order valence-electron chi connectivity index (χ3n) is 1.98. The van der Waals surface area contributed by atoms with E-state index in [2.05, 4.69) is 49.9 Å². The molecule has 0 saturated carbocycles. The van der Waals surface area contributed by atoms with Gasteiger partial charge in [0, 0.05) is 0 Å². The predicted octanol–water partition coefficient (Wildman–Crippen LogP) is 3.80. The molecule has 1 heteroatoms. The fourth-order valence-corrected chi connectivity index (χ4v) is 1.02. The van der Waals surface area contributed by atoms with Crippen LogP contribution in [0.25, 0.3) is 0 Å². The van der Waals surface area contributed by atoms with Crippen LogP contribution in [-0.4, -0.2) is 7.05 Å². The van der Waals surface area contributed by atoms with Crippen LogP contribution in [0.15, 0.2) is 30.3 Å². The van der Waals surface area contributed by atoms with E-state index >= 15 is 0 Å². The van der Waals surface area contributed by atoms with Crippen molar-refractivity contribution in [3.05, 3.63) is 35.9 Å². The monoisotopic (exact) mass is 195 g/mol. The SMILES string of the molecule is CC.CCC(C)c1ccccc1.CN. The van der Waals surface area contributed by atoms with Gasteiger partial charge in [0.15, 0.2) is 0 Å². The Morgan fingerprint density at radius 1 is 1.07 bits per heavy atom. The number of hydrogen-bond acceptors (Lipinski definition) is 1. The lowest BCUT2D eigenvalue weighted by Crippen LogP contribution is -1.88. The van der Waals surface area contributed by atoms with Gasteiger partial charge in [-0.15, -0.1) is 0 Å². The molecule has 0 aliphatic carbocycles. The molecular weight excluding hydrogens is 170 g/mol. The molecule has 0 aliphatic heterocycles. The molecule has 0 fully saturated rings. The molecule has 1 aromatic rings. The van der Waals surface area contributed by atoms with Crippen LogP contribution in [-0.2, 0) is 0 Å². The van der Waals surface area contributed by atoms with E-state index in [-0.39, 0.29) is 0 Å². The molecule has 0 saturated heterocycles. The summed E-state index contributed by atoms with van der Waals surface area (Å²) in [4.78, 5) is 0. The molecule has 0 heterocycles. The van der Waals surface area contributed by atoms with Crippen molar-refractivity contribution < 1.29 is 0 Å². The Labute approximate surface area is 89.3 Å². The van der Waals surface area contributed by atoms with Gasteiger partial charge in [0.05, 0.1) is 0 Å². The third kappa shape index (κ3) is 6.67. The molecule has 0 radical (unpaired) electrons. The number of nitrogens with two attached hydrogens (primary N) is 1. The average molecular weight is 195 g/mol. The summed E-state index contributed by atoms with van der Waals surface area (Å²) in [5, 5.41) is 0. The Morgan fingerprint density at radius 3 is 1.86 bits per heavy atom. The second kappa shape index (κ2) is 12.2. The van der Waals surface area contributed by atoms with Gasteiger partial charge in [0.2, 0.25) is 0 Å². The summed E-state index contributed by atoms with van der Waals surface area (Å²) in [6.07, 6.45) is 1.23. The van der Waals surface area contributed by atoms with Gasteiger partial charge in [-0.25, -0.2) is 0 Å². The van der Waals surface area contributed by atoms with Gasteiger partial charge in [0.25, 0.3) is 0 Å². The minimum absolute atomic E-state index is 0.709. The molecular formula is C13H25N. The van der Waals surface area contributed by atoms with Crippen molar-refractivity contribution in [2.24, 2.45) is 5.73 Å². The zero-order valence-corrected chi connectivity index (χ0v) is 10.2. The van der Waals surface area contributed by atoms with Gasteiger partial charge in [0.1, 0.15) is 0 Å². The van der Waals surface area contributed by atoms with Gasteiger partial charge < -0.3 is 5.73 Å². The first-order valence-electron chi connectivity index (χ1n) is 5.47. The Morgan fingerprint density at radius 2 is 1.50 bits per heavy atom. The minimum atomic E-state index is 0.709. The quantitative estimate of drug-likeness (QED) is 0.763. The maximum absolute atomic E-state index is 4.50. The molecule has 1 unspecified atom stereocenters. The molecule has 0 bridgehead atoms. The molecule has 1 rings (SSSR count). The second-order valence-electron chi connectivity index (χ2n) is 2.72. The molecule has 14 heavy (non-hydrogen) atoms. The van der Waals surface area contributed by atoms with Crippen LogP contribution in [0.1, 0.15) is 45.6 Å². The van der Waals surface area contributed by atoms with Crippen LogP contribution in [0.5, 0.6) is 0 Å². The summed E-state index contributed by atoms with van der Waals surface area (Å²) < 4.78 is 0. The van der Waals surface area contributed by atoms with Crippen molar-refractivity contribution in [2.45, 2.75) is 40.0 Å². The van der Waals surface area contributed by atoms with E-state index in [1.807, 2.05) is 13.8 Å². The lowest BCUT2D eigenvalue weighted by Gasteiger charge is -2.06. The van der Waals surface area contributed by atoms with Crippen LogP contribution in [0, 0.1) is 0 Å². The van der Waals surface area contributed by atoms with Crippen molar-refractivity contribution in [1.82, 2.24) is 0 Å². The van der Waals surface area contributed by atoms with Crippen LogP contribution in [0.2, 0.25) is 0 Å². The first-order chi connectivity index (χ1) is 6.84. The predicted molar refractivity (Wildman–Crippen MR) is 66.6 cm³/mol. The van der Waals surface area contributed by atoms with Crippen LogP contribution >= 0.6 is 0 Å². The molecule has 0 aliphatic rings. The summed E-state index contributed by atoms with van der Waals surface area (Å²) in [6.45, 7) is 8.48. The van der Waals surface area contributed by atoms with Crippen molar-refractivity contribution in [2.75, 3.05) is 7.05 Å². The van der Waals surface area contributed by atoms with E-state index in [1.54, 1.807) is 0 Å². The van der Waals surface area contributed by atoms with E-state index < -0.39 is 0 Å². The molecule has 1 atom stereocenters. The Balaban J connectivity index is 0. The van der Waals surface area contributed by atoms with Crippen molar-refractivity contribution in [3.63, 3.8) is 0 Å². The summed E-state index contributed by atoms with van der Waals surface area (Å²) in [6, 6.07) is 10.6. The van der Waals surface area contributed by atoms with Crippen LogP contribution in [0.4, 0.5) is 0 Å². The van der Waals surface area contributed by atoms with E-state index in [0.29, 0.717) is 5.92 Å². The molecule has 0 spiro atoms. The van der Waals surface area contributed by atoms with Crippen LogP contribution < -0.4 is 5.73 Å². The lowest BCUT2D eigenvalue weighted by molar-refractivity contribution is 0.733. The highest BCUT2D eigenvalue weighted by Crippen LogP contribution is 2.16. The molecule has 1 nitrogen and oxygen atoms in total. The van der Waals surface area contributed by atoms with Gasteiger partial charge in [-0.1, -0.05) is 58.0 Å². The molecule has 2 N–H and O–H groups in total. The largest absolute Gasteiger partial charge is 0.333 e. The smallest absolute Gasteiger partial charge is 0.0193 e. The fourth-order valence-electron chi connectivity index (χ4n) is 1.02. The summed E-state index contributed by atoms with van der Waals surface area (Å²) in [5.74, 6) is 0.709. The first kappa shape index (κ1) is 15.6. The number of rotatable bonds is 2. The van der Waals surface area contributed by atoms with E-state index in [1.165, 1.54) is 19.0 Å². The summed E-state index contributed by atoms with van der Waals surface area (Å²) in [5.41, 5.74) is 5.95. The highest BCUT2D eigenvalue weighted by atomic mass is 14.4. The first-order valence-corrected chi connectivity index (χ1v) is 5.47. The summed E-state index contributed by atoms with van der Waals surface area (Å²) in [7, 11) is 1.50. The maximum atomic E-state index is 4.50. The van der Waals surface area contributed by atoms with Crippen molar-refractivity contribution >= 4 is 0 Å². The van der Waals surface area contributed by atoms with Gasteiger partial charge in [-0.2, -0.15) is 0 Å². The second-order valence-corrected chi connectivity index (χ2v) is 2.72. The van der Waals surface area contributed by atoms with Crippen LogP contribution in [0.3, 0.4) is 0 Å². The number of benzene rings is 1. The Bertz CT molecular complexity index is 182. The fraction of sp³-hybridized carbons (Fsp3) is 0.538. The zero-order chi connectivity index (χ0) is 11.4. The molecule has 0 aromatic heterocycles. The van der Waals surface area contributed by atoms with E-state index in [0.717, 1.165) is 0 Å². The van der Waals surface area contributed by atoms with Gasteiger partial charge in [-0.3, -0.25) is 0 Å². The zero-order valence-electron chi connectivity index (χ0n) is 10.2. The van der Waals surface area contributed by atoms with Crippen molar-refractivity contribution in [1.29, 1.82) is 0 Å². The number of hydrogen-bond donors (Lipinski definition) is 1. The highest BCUT2D eigenvalue weighted by molar-refractivity contribution is 5.18. The topological polar surface area (TPSA) is 26.0 Å². The average Bonchev–Trinajstić information content (AvgIpc) is 2.34. The third-order valence-corrected chi connectivity index (χ3v) is 1.98. The van der Waals surface area contributed by atoms with Gasteiger partial charge in [-0.05, 0) is 24.9 Å². The normalized spacial score (nSPS) is 10.1. The highest BCUT2D eigenvalue weighted by Gasteiger charge is 1.98. The maximum Gasteiger partial charge on any atom is -0.0193 e. The van der Waals surface area contributed by atoms with Crippen molar-refractivity contribution in [3.8, 4) is 0 Å². The Hall–Kier alpha value is -0.820. The van der Waals surface area contributed by atoms with E-state index in [4.69, 9.17) is 0 Å².